The Bertz CT molecular complexity index is 989. The lowest BCUT2D eigenvalue weighted by Crippen LogP contribution is -2.38. The molecule has 0 radical (unpaired) electrons. The van der Waals surface area contributed by atoms with Gasteiger partial charge in [-0.3, -0.25) is 9.36 Å². The smallest absolute Gasteiger partial charge is 0.296 e. The van der Waals surface area contributed by atoms with E-state index in [1.54, 1.807) is 6.07 Å². The van der Waals surface area contributed by atoms with Gasteiger partial charge in [-0.15, -0.1) is 0 Å². The zero-order valence-corrected chi connectivity index (χ0v) is 12.2. The lowest BCUT2D eigenvalue weighted by molar-refractivity contribution is 0.625. The zero-order chi connectivity index (χ0) is 16.6. The van der Waals surface area contributed by atoms with Crippen LogP contribution in [0.5, 0.6) is 0 Å². The highest BCUT2D eigenvalue weighted by molar-refractivity contribution is 5.60. The van der Waals surface area contributed by atoms with Crippen molar-refractivity contribution >= 4 is 0 Å². The maximum absolute atomic E-state index is 13.9. The molecule has 2 aromatic carbocycles. The molecular weight excluding hydrogens is 302 g/mol. The number of aromatic nitrogens is 2. The fourth-order valence-electron chi connectivity index (χ4n) is 2.38. The van der Waals surface area contributed by atoms with E-state index in [0.29, 0.717) is 0 Å². The summed E-state index contributed by atoms with van der Waals surface area (Å²) in [5.74, 6) is -0.997. The normalized spacial score (nSPS) is 10.7. The highest BCUT2D eigenvalue weighted by Gasteiger charge is 2.14. The summed E-state index contributed by atoms with van der Waals surface area (Å²) in [5.41, 5.74) is -0.663. The predicted octanol–water partition coefficient (Wildman–Crippen LogP) is 2.48. The Hall–Kier alpha value is -3.02. The van der Waals surface area contributed by atoms with Gasteiger partial charge in [0.25, 0.3) is 5.56 Å². The maximum Gasteiger partial charge on any atom is 0.335 e. The summed E-state index contributed by atoms with van der Waals surface area (Å²) < 4.78 is 29.0. The molecule has 4 nitrogen and oxygen atoms in total. The van der Waals surface area contributed by atoms with Crippen LogP contribution >= 0.6 is 0 Å². The molecule has 0 bridgehead atoms. The number of nitrogens with zero attached hydrogens (tertiary/aromatic N) is 2. The highest BCUT2D eigenvalue weighted by atomic mass is 19.1. The van der Waals surface area contributed by atoms with E-state index in [9.17, 15) is 18.4 Å². The van der Waals surface area contributed by atoms with Crippen LogP contribution in [0, 0.1) is 11.6 Å². The lowest BCUT2D eigenvalue weighted by atomic mass is 10.1. The van der Waals surface area contributed by atoms with Crippen LogP contribution in [0.25, 0.3) is 16.9 Å². The molecule has 0 atom stereocenters. The third-order valence-corrected chi connectivity index (χ3v) is 3.55. The van der Waals surface area contributed by atoms with Gasteiger partial charge < -0.3 is 0 Å². The van der Waals surface area contributed by atoms with Crippen molar-refractivity contribution in [2.24, 2.45) is 7.05 Å². The summed E-state index contributed by atoms with van der Waals surface area (Å²) >= 11 is 0. The van der Waals surface area contributed by atoms with Gasteiger partial charge in [0, 0.05) is 18.7 Å². The van der Waals surface area contributed by atoms with E-state index in [1.165, 1.54) is 48.0 Å². The van der Waals surface area contributed by atoms with Crippen molar-refractivity contribution in [2.75, 3.05) is 0 Å². The molecule has 0 fully saturated rings. The number of rotatable bonds is 2. The molecule has 1 aromatic heterocycles. The minimum absolute atomic E-state index is 0.162. The number of hydrogen-bond donors (Lipinski definition) is 0. The van der Waals surface area contributed by atoms with Gasteiger partial charge >= 0.3 is 5.69 Å². The molecule has 0 saturated carbocycles. The van der Waals surface area contributed by atoms with Crippen molar-refractivity contribution in [2.45, 2.75) is 0 Å². The molecule has 1 heterocycles. The third-order valence-electron chi connectivity index (χ3n) is 3.55. The van der Waals surface area contributed by atoms with E-state index in [0.717, 1.165) is 16.7 Å². The zero-order valence-electron chi connectivity index (χ0n) is 12.2. The molecule has 0 N–H and O–H groups in total. The molecule has 0 spiro atoms. The monoisotopic (exact) mass is 314 g/mol. The van der Waals surface area contributed by atoms with E-state index < -0.39 is 22.9 Å². The molecule has 23 heavy (non-hydrogen) atoms. The van der Waals surface area contributed by atoms with Gasteiger partial charge in [-0.1, -0.05) is 12.1 Å². The van der Waals surface area contributed by atoms with Crippen molar-refractivity contribution < 1.29 is 8.78 Å². The average molecular weight is 314 g/mol. The highest BCUT2D eigenvalue weighted by Crippen LogP contribution is 2.19. The molecular formula is C17H12F2N2O2. The van der Waals surface area contributed by atoms with Crippen LogP contribution < -0.4 is 11.2 Å². The molecule has 0 aliphatic carbocycles. The second-order valence-corrected chi connectivity index (χ2v) is 5.00. The molecule has 0 aliphatic rings. The van der Waals surface area contributed by atoms with Gasteiger partial charge in [0.15, 0.2) is 0 Å². The van der Waals surface area contributed by atoms with Crippen LogP contribution in [0.3, 0.4) is 0 Å². The van der Waals surface area contributed by atoms with Crippen LogP contribution in [0.2, 0.25) is 0 Å². The van der Waals surface area contributed by atoms with Crippen LogP contribution in [0.4, 0.5) is 8.78 Å². The number of hydrogen-bond acceptors (Lipinski definition) is 2. The standard InChI is InChI=1S/C17H12F2N2O2/c1-20-15(13-4-2-3-5-14(13)19)10-16(22)21(17(20)23)12-8-6-11(18)7-9-12/h2-10H,1H3. The lowest BCUT2D eigenvalue weighted by Gasteiger charge is -2.12. The first-order valence-electron chi connectivity index (χ1n) is 6.83. The average Bonchev–Trinajstić information content (AvgIpc) is 2.53. The molecule has 0 unspecified atom stereocenters. The molecule has 0 aliphatic heterocycles. The van der Waals surface area contributed by atoms with Crippen LogP contribution in [0.15, 0.2) is 64.2 Å². The summed E-state index contributed by atoms with van der Waals surface area (Å²) in [7, 11) is 1.45. The molecule has 3 aromatic rings. The minimum atomic E-state index is -0.637. The third kappa shape index (κ3) is 2.59. The van der Waals surface area contributed by atoms with E-state index >= 15 is 0 Å². The fraction of sp³-hybridized carbons (Fsp3) is 0.0588. The molecule has 0 amide bonds. The van der Waals surface area contributed by atoms with Crippen LogP contribution in [-0.2, 0) is 7.05 Å². The van der Waals surface area contributed by atoms with E-state index in [-0.39, 0.29) is 16.9 Å². The van der Waals surface area contributed by atoms with Crippen LogP contribution in [-0.4, -0.2) is 9.13 Å². The quantitative estimate of drug-likeness (QED) is 0.729. The molecule has 0 saturated heterocycles. The summed E-state index contributed by atoms with van der Waals surface area (Å²) in [6.07, 6.45) is 0. The Morgan fingerprint density at radius 2 is 1.57 bits per heavy atom. The maximum atomic E-state index is 13.9. The van der Waals surface area contributed by atoms with E-state index in [1.807, 2.05) is 0 Å². The van der Waals surface area contributed by atoms with Gasteiger partial charge in [-0.05, 0) is 36.4 Å². The Morgan fingerprint density at radius 3 is 2.22 bits per heavy atom. The molecule has 6 heteroatoms. The predicted molar refractivity (Wildman–Crippen MR) is 82.6 cm³/mol. The van der Waals surface area contributed by atoms with Gasteiger partial charge in [0.1, 0.15) is 11.6 Å². The van der Waals surface area contributed by atoms with E-state index in [4.69, 9.17) is 0 Å². The summed E-state index contributed by atoms with van der Waals surface area (Å²) in [6.45, 7) is 0. The first-order chi connectivity index (χ1) is 11.0. The van der Waals surface area contributed by atoms with Crippen LogP contribution in [0.1, 0.15) is 0 Å². The van der Waals surface area contributed by atoms with Crippen molar-refractivity contribution in [3.8, 4) is 16.9 Å². The van der Waals surface area contributed by atoms with Crippen molar-refractivity contribution in [3.05, 3.63) is 87.1 Å². The Labute approximate surface area is 129 Å². The Balaban J connectivity index is 2.27. The topological polar surface area (TPSA) is 44.0 Å². The SMILES string of the molecule is Cn1c(-c2ccccc2F)cc(=O)n(-c2ccc(F)cc2)c1=O. The first kappa shape index (κ1) is 14.9. The second-order valence-electron chi connectivity index (χ2n) is 5.00. The molecule has 3 rings (SSSR count). The van der Waals surface area contributed by atoms with Crippen molar-refractivity contribution in [1.82, 2.24) is 9.13 Å². The number of halogens is 2. The van der Waals surface area contributed by atoms with Gasteiger partial charge in [-0.25, -0.2) is 18.1 Å². The van der Waals surface area contributed by atoms with Gasteiger partial charge in [-0.2, -0.15) is 0 Å². The largest absolute Gasteiger partial charge is 0.335 e. The summed E-state index contributed by atoms with van der Waals surface area (Å²) in [6, 6.07) is 12.1. The second kappa shape index (κ2) is 5.64. The van der Waals surface area contributed by atoms with Crippen molar-refractivity contribution in [1.29, 1.82) is 0 Å². The number of benzene rings is 2. The molecule has 116 valence electrons. The fourth-order valence-corrected chi connectivity index (χ4v) is 2.38. The first-order valence-corrected chi connectivity index (χ1v) is 6.83. The Morgan fingerprint density at radius 1 is 0.913 bits per heavy atom. The van der Waals surface area contributed by atoms with Gasteiger partial charge in [0.2, 0.25) is 0 Å². The van der Waals surface area contributed by atoms with Gasteiger partial charge in [0.05, 0.1) is 11.4 Å². The minimum Gasteiger partial charge on any atom is -0.296 e. The Kier molecular flexibility index (Phi) is 3.65. The summed E-state index contributed by atoms with van der Waals surface area (Å²) in [5, 5.41) is 0. The van der Waals surface area contributed by atoms with E-state index in [2.05, 4.69) is 0 Å². The summed E-state index contributed by atoms with van der Waals surface area (Å²) in [4.78, 5) is 24.8. The van der Waals surface area contributed by atoms with Crippen molar-refractivity contribution in [3.63, 3.8) is 0 Å².